The number of methoxy groups -OCH3 is 1. The SMILES string of the molecule is COCc1ccc(-c2nc(C(=O)O)c(C)s2)cc1. The van der Waals surface area contributed by atoms with Crippen LogP contribution in [0.1, 0.15) is 20.9 Å². The number of hydrogen-bond donors (Lipinski definition) is 1. The van der Waals surface area contributed by atoms with Gasteiger partial charge in [0.15, 0.2) is 5.69 Å². The Hall–Kier alpha value is -1.72. The van der Waals surface area contributed by atoms with Crippen molar-refractivity contribution in [2.75, 3.05) is 7.11 Å². The van der Waals surface area contributed by atoms with Gasteiger partial charge in [-0.1, -0.05) is 24.3 Å². The predicted molar refractivity (Wildman–Crippen MR) is 70.0 cm³/mol. The minimum absolute atomic E-state index is 0.135. The van der Waals surface area contributed by atoms with Gasteiger partial charge in [0.1, 0.15) is 5.01 Å². The van der Waals surface area contributed by atoms with Crippen LogP contribution < -0.4 is 0 Å². The summed E-state index contributed by atoms with van der Waals surface area (Å²) < 4.78 is 5.04. The molecule has 4 nitrogen and oxygen atoms in total. The third-order valence-electron chi connectivity index (χ3n) is 2.51. The van der Waals surface area contributed by atoms with Crippen molar-refractivity contribution < 1.29 is 14.6 Å². The molecule has 0 aliphatic rings. The Morgan fingerprint density at radius 1 is 1.39 bits per heavy atom. The summed E-state index contributed by atoms with van der Waals surface area (Å²) in [4.78, 5) is 15.8. The fraction of sp³-hybridized carbons (Fsp3) is 0.231. The summed E-state index contributed by atoms with van der Waals surface area (Å²) >= 11 is 1.39. The van der Waals surface area contributed by atoms with E-state index in [1.54, 1.807) is 14.0 Å². The number of rotatable bonds is 4. The minimum atomic E-state index is -0.981. The fourth-order valence-corrected chi connectivity index (χ4v) is 2.54. The van der Waals surface area contributed by atoms with Gasteiger partial charge in [0.2, 0.25) is 0 Å². The first-order valence-electron chi connectivity index (χ1n) is 5.41. The molecule has 0 bridgehead atoms. The second kappa shape index (κ2) is 5.29. The van der Waals surface area contributed by atoms with Gasteiger partial charge in [0.05, 0.1) is 6.61 Å². The number of nitrogens with zero attached hydrogens (tertiary/aromatic N) is 1. The number of ether oxygens (including phenoxy) is 1. The second-order valence-corrected chi connectivity index (χ2v) is 5.06. The number of thiazole rings is 1. The lowest BCUT2D eigenvalue weighted by Crippen LogP contribution is -1.98. The van der Waals surface area contributed by atoms with Gasteiger partial charge in [-0.3, -0.25) is 0 Å². The molecule has 0 aliphatic heterocycles. The molecule has 0 aliphatic carbocycles. The molecule has 0 saturated heterocycles. The zero-order valence-corrected chi connectivity index (χ0v) is 11.0. The Balaban J connectivity index is 2.31. The summed E-state index contributed by atoms with van der Waals surface area (Å²) in [7, 11) is 1.65. The molecule has 2 rings (SSSR count). The first-order valence-corrected chi connectivity index (χ1v) is 6.22. The first-order chi connectivity index (χ1) is 8.61. The lowest BCUT2D eigenvalue weighted by atomic mass is 10.1. The highest BCUT2D eigenvalue weighted by Crippen LogP contribution is 2.27. The van der Waals surface area contributed by atoms with E-state index in [4.69, 9.17) is 9.84 Å². The van der Waals surface area contributed by atoms with Gasteiger partial charge in [0, 0.05) is 17.6 Å². The molecule has 1 heterocycles. The van der Waals surface area contributed by atoms with Crippen molar-refractivity contribution in [1.82, 2.24) is 4.98 Å². The molecule has 1 N–H and O–H groups in total. The van der Waals surface area contributed by atoms with E-state index in [-0.39, 0.29) is 5.69 Å². The largest absolute Gasteiger partial charge is 0.476 e. The third-order valence-corrected chi connectivity index (χ3v) is 3.53. The predicted octanol–water partition coefficient (Wildman–Crippen LogP) is 2.96. The van der Waals surface area contributed by atoms with E-state index < -0.39 is 5.97 Å². The number of carbonyl (C=O) groups is 1. The maximum atomic E-state index is 10.9. The minimum Gasteiger partial charge on any atom is -0.476 e. The molecule has 1 aromatic heterocycles. The monoisotopic (exact) mass is 263 g/mol. The highest BCUT2D eigenvalue weighted by atomic mass is 32.1. The van der Waals surface area contributed by atoms with Gasteiger partial charge in [0.25, 0.3) is 0 Å². The van der Waals surface area contributed by atoms with Crippen molar-refractivity contribution in [3.63, 3.8) is 0 Å². The quantitative estimate of drug-likeness (QED) is 0.921. The van der Waals surface area contributed by atoms with Gasteiger partial charge >= 0.3 is 5.97 Å². The molecule has 0 saturated carbocycles. The Bertz CT molecular complexity index is 560. The van der Waals surface area contributed by atoms with E-state index in [9.17, 15) is 4.79 Å². The van der Waals surface area contributed by atoms with Crippen LogP contribution in [0, 0.1) is 6.92 Å². The van der Waals surface area contributed by atoms with Crippen molar-refractivity contribution in [3.8, 4) is 10.6 Å². The van der Waals surface area contributed by atoms with E-state index >= 15 is 0 Å². The molecule has 0 fully saturated rings. The van der Waals surface area contributed by atoms with E-state index in [1.807, 2.05) is 24.3 Å². The number of benzene rings is 1. The molecule has 94 valence electrons. The number of carboxylic acid groups (broad SMARTS) is 1. The molecular formula is C13H13NO3S. The third kappa shape index (κ3) is 2.57. The summed E-state index contributed by atoms with van der Waals surface area (Å²) in [5.74, 6) is -0.981. The number of aromatic nitrogens is 1. The molecule has 18 heavy (non-hydrogen) atoms. The zero-order valence-electron chi connectivity index (χ0n) is 10.1. The Morgan fingerprint density at radius 2 is 2.06 bits per heavy atom. The molecule has 0 unspecified atom stereocenters. The van der Waals surface area contributed by atoms with Gasteiger partial charge in [-0.25, -0.2) is 9.78 Å². The topological polar surface area (TPSA) is 59.4 Å². The van der Waals surface area contributed by atoms with Crippen molar-refractivity contribution in [2.45, 2.75) is 13.5 Å². The fourth-order valence-electron chi connectivity index (χ4n) is 1.63. The Morgan fingerprint density at radius 3 is 2.56 bits per heavy atom. The van der Waals surface area contributed by atoms with Crippen molar-refractivity contribution in [2.24, 2.45) is 0 Å². The summed E-state index contributed by atoms with van der Waals surface area (Å²) in [6.45, 7) is 2.33. The molecule has 1 aromatic carbocycles. The number of aryl methyl sites for hydroxylation is 1. The summed E-state index contributed by atoms with van der Waals surface area (Å²) in [6, 6.07) is 7.77. The van der Waals surface area contributed by atoms with Crippen LogP contribution >= 0.6 is 11.3 Å². The van der Waals surface area contributed by atoms with E-state index in [2.05, 4.69) is 4.98 Å². The lowest BCUT2D eigenvalue weighted by Gasteiger charge is -2.00. The molecule has 0 radical (unpaired) electrons. The van der Waals surface area contributed by atoms with E-state index in [0.29, 0.717) is 6.61 Å². The summed E-state index contributed by atoms with van der Waals surface area (Å²) in [5, 5.41) is 9.70. The van der Waals surface area contributed by atoms with Gasteiger partial charge in [-0.05, 0) is 12.5 Å². The Kier molecular flexibility index (Phi) is 3.74. The molecule has 0 spiro atoms. The zero-order chi connectivity index (χ0) is 13.1. The number of hydrogen-bond acceptors (Lipinski definition) is 4. The number of aromatic carboxylic acids is 1. The lowest BCUT2D eigenvalue weighted by molar-refractivity contribution is 0.0690. The van der Waals surface area contributed by atoms with Gasteiger partial charge in [-0.2, -0.15) is 0 Å². The molecule has 0 atom stereocenters. The van der Waals surface area contributed by atoms with Crippen LogP contribution in [-0.4, -0.2) is 23.2 Å². The normalized spacial score (nSPS) is 10.6. The molecular weight excluding hydrogens is 250 g/mol. The van der Waals surface area contributed by atoms with Gasteiger partial charge in [-0.15, -0.1) is 11.3 Å². The standard InChI is InChI=1S/C13H13NO3S/c1-8-11(13(15)16)14-12(18-8)10-5-3-9(4-6-10)7-17-2/h3-6H,7H2,1-2H3,(H,15,16). The van der Waals surface area contributed by atoms with Crippen molar-refractivity contribution in [1.29, 1.82) is 0 Å². The van der Waals surface area contributed by atoms with Crippen LogP contribution in [0.2, 0.25) is 0 Å². The highest BCUT2D eigenvalue weighted by Gasteiger charge is 2.14. The van der Waals surface area contributed by atoms with Crippen molar-refractivity contribution >= 4 is 17.3 Å². The van der Waals surface area contributed by atoms with Crippen LogP contribution in [0.5, 0.6) is 0 Å². The van der Waals surface area contributed by atoms with E-state index in [0.717, 1.165) is 21.0 Å². The van der Waals surface area contributed by atoms with Crippen LogP contribution in [-0.2, 0) is 11.3 Å². The van der Waals surface area contributed by atoms with Crippen LogP contribution in [0.25, 0.3) is 10.6 Å². The molecule has 0 amide bonds. The molecule has 2 aromatic rings. The average molecular weight is 263 g/mol. The second-order valence-electron chi connectivity index (χ2n) is 3.86. The summed E-state index contributed by atoms with van der Waals surface area (Å²) in [6.07, 6.45) is 0. The Labute approximate surface area is 109 Å². The highest BCUT2D eigenvalue weighted by molar-refractivity contribution is 7.15. The maximum absolute atomic E-state index is 10.9. The summed E-state index contributed by atoms with van der Waals surface area (Å²) in [5.41, 5.74) is 2.14. The van der Waals surface area contributed by atoms with Crippen molar-refractivity contribution in [3.05, 3.63) is 40.4 Å². The van der Waals surface area contributed by atoms with Gasteiger partial charge < -0.3 is 9.84 Å². The maximum Gasteiger partial charge on any atom is 0.355 e. The van der Waals surface area contributed by atoms with E-state index in [1.165, 1.54) is 11.3 Å². The van der Waals surface area contributed by atoms with Crippen LogP contribution in [0.4, 0.5) is 0 Å². The number of carboxylic acids is 1. The first kappa shape index (κ1) is 12.7. The molecule has 5 heteroatoms. The van der Waals surface area contributed by atoms with Crippen LogP contribution in [0.3, 0.4) is 0 Å². The average Bonchev–Trinajstić information content (AvgIpc) is 2.73. The smallest absolute Gasteiger partial charge is 0.355 e. The van der Waals surface area contributed by atoms with Crippen LogP contribution in [0.15, 0.2) is 24.3 Å².